The SMILES string of the molecule is COc1cc(/C=C/C(C)=O)ccc1OCc1cn(-c2ccccc2CO)nn1. The van der Waals surface area contributed by atoms with Gasteiger partial charge in [0.2, 0.25) is 0 Å². The third kappa shape index (κ3) is 4.63. The Morgan fingerprint density at radius 1 is 1.21 bits per heavy atom. The van der Waals surface area contributed by atoms with Gasteiger partial charge in [0.1, 0.15) is 12.3 Å². The van der Waals surface area contributed by atoms with Crippen LogP contribution in [0.5, 0.6) is 11.5 Å². The minimum Gasteiger partial charge on any atom is -0.493 e. The van der Waals surface area contributed by atoms with Gasteiger partial charge in [-0.15, -0.1) is 5.10 Å². The second-order valence-corrected chi connectivity index (χ2v) is 6.08. The number of benzene rings is 2. The molecule has 0 radical (unpaired) electrons. The van der Waals surface area contributed by atoms with E-state index in [1.165, 1.54) is 13.0 Å². The molecule has 7 nitrogen and oxygen atoms in total. The first kappa shape index (κ1) is 19.3. The fraction of sp³-hybridized carbons (Fsp3) is 0.190. The van der Waals surface area contributed by atoms with Gasteiger partial charge in [-0.1, -0.05) is 35.6 Å². The summed E-state index contributed by atoms with van der Waals surface area (Å²) in [5.74, 6) is 1.10. The molecule has 1 heterocycles. The lowest BCUT2D eigenvalue weighted by Gasteiger charge is -2.10. The average molecular weight is 379 g/mol. The maximum Gasteiger partial charge on any atom is 0.161 e. The monoisotopic (exact) mass is 379 g/mol. The number of allylic oxidation sites excluding steroid dienone is 1. The number of ketones is 1. The third-order valence-corrected chi connectivity index (χ3v) is 4.02. The summed E-state index contributed by atoms with van der Waals surface area (Å²) in [4.78, 5) is 11.1. The Morgan fingerprint density at radius 3 is 2.79 bits per heavy atom. The van der Waals surface area contributed by atoms with E-state index in [9.17, 15) is 9.90 Å². The minimum absolute atomic E-state index is 0.0230. The molecule has 0 atom stereocenters. The van der Waals surface area contributed by atoms with E-state index in [0.717, 1.165) is 16.8 Å². The zero-order valence-corrected chi connectivity index (χ0v) is 15.7. The van der Waals surface area contributed by atoms with Crippen LogP contribution in [-0.2, 0) is 18.0 Å². The molecule has 0 aliphatic heterocycles. The number of hydrogen-bond acceptors (Lipinski definition) is 6. The highest BCUT2D eigenvalue weighted by atomic mass is 16.5. The lowest BCUT2D eigenvalue weighted by Crippen LogP contribution is -2.00. The van der Waals surface area contributed by atoms with E-state index in [1.54, 1.807) is 36.2 Å². The van der Waals surface area contributed by atoms with Crippen LogP contribution in [0.2, 0.25) is 0 Å². The molecule has 1 N–H and O–H groups in total. The van der Waals surface area contributed by atoms with Crippen LogP contribution in [0.3, 0.4) is 0 Å². The van der Waals surface area contributed by atoms with Crippen LogP contribution in [0.15, 0.2) is 54.7 Å². The molecule has 0 unspecified atom stereocenters. The van der Waals surface area contributed by atoms with E-state index in [0.29, 0.717) is 17.2 Å². The molecule has 28 heavy (non-hydrogen) atoms. The number of aromatic nitrogens is 3. The molecule has 0 amide bonds. The Kier molecular flexibility index (Phi) is 6.18. The third-order valence-electron chi connectivity index (χ3n) is 4.02. The van der Waals surface area contributed by atoms with E-state index in [1.807, 2.05) is 30.3 Å². The first-order valence-corrected chi connectivity index (χ1v) is 8.70. The molecule has 3 rings (SSSR count). The van der Waals surface area contributed by atoms with Gasteiger partial charge >= 0.3 is 0 Å². The number of aliphatic hydroxyl groups excluding tert-OH is 1. The summed E-state index contributed by atoms with van der Waals surface area (Å²) in [6.45, 7) is 1.63. The van der Waals surface area contributed by atoms with Crippen molar-refractivity contribution in [2.45, 2.75) is 20.1 Å². The van der Waals surface area contributed by atoms with Gasteiger partial charge in [-0.2, -0.15) is 0 Å². The van der Waals surface area contributed by atoms with Gasteiger partial charge < -0.3 is 14.6 Å². The zero-order valence-electron chi connectivity index (χ0n) is 15.7. The van der Waals surface area contributed by atoms with E-state index in [2.05, 4.69) is 10.3 Å². The van der Waals surface area contributed by atoms with Gasteiger partial charge in [0, 0.05) is 5.56 Å². The second kappa shape index (κ2) is 8.96. The van der Waals surface area contributed by atoms with Crippen molar-refractivity contribution in [3.8, 4) is 17.2 Å². The van der Waals surface area contributed by atoms with E-state index < -0.39 is 0 Å². The van der Waals surface area contributed by atoms with Crippen LogP contribution in [0, 0.1) is 0 Å². The summed E-state index contributed by atoms with van der Waals surface area (Å²) < 4.78 is 12.8. The Morgan fingerprint density at radius 2 is 2.04 bits per heavy atom. The number of carbonyl (C=O) groups excluding carboxylic acids is 1. The maximum absolute atomic E-state index is 11.1. The predicted molar refractivity (Wildman–Crippen MR) is 104 cm³/mol. The van der Waals surface area contributed by atoms with Crippen LogP contribution in [0.1, 0.15) is 23.7 Å². The highest BCUT2D eigenvalue weighted by Crippen LogP contribution is 2.29. The zero-order chi connectivity index (χ0) is 19.9. The van der Waals surface area contributed by atoms with Crippen molar-refractivity contribution in [1.29, 1.82) is 0 Å². The van der Waals surface area contributed by atoms with Gasteiger partial charge in [0.15, 0.2) is 17.3 Å². The molecular weight excluding hydrogens is 358 g/mol. The van der Waals surface area contributed by atoms with Crippen LogP contribution in [0.25, 0.3) is 11.8 Å². The normalized spacial score (nSPS) is 11.0. The van der Waals surface area contributed by atoms with Gasteiger partial charge in [-0.3, -0.25) is 4.79 Å². The first-order valence-electron chi connectivity index (χ1n) is 8.70. The van der Waals surface area contributed by atoms with Crippen molar-refractivity contribution in [2.24, 2.45) is 0 Å². The number of ether oxygens (including phenoxy) is 2. The molecule has 0 fully saturated rings. The number of para-hydroxylation sites is 1. The summed E-state index contributed by atoms with van der Waals surface area (Å²) in [5.41, 5.74) is 3.00. The number of hydrogen-bond donors (Lipinski definition) is 1. The van der Waals surface area contributed by atoms with Crippen LogP contribution < -0.4 is 9.47 Å². The summed E-state index contributed by atoms with van der Waals surface area (Å²) >= 11 is 0. The molecular formula is C21H21N3O4. The number of carbonyl (C=O) groups is 1. The molecule has 2 aromatic carbocycles. The van der Waals surface area contributed by atoms with Gasteiger partial charge in [-0.25, -0.2) is 4.68 Å². The number of methoxy groups -OCH3 is 1. The standard InChI is InChI=1S/C21H21N3O4/c1-15(26)7-8-16-9-10-20(21(11-16)27-2)28-14-18-12-24(23-22-18)19-6-4-3-5-17(19)13-25/h3-12,25H,13-14H2,1-2H3/b8-7+. The van der Waals surface area contributed by atoms with E-state index in [4.69, 9.17) is 9.47 Å². The largest absolute Gasteiger partial charge is 0.493 e. The summed E-state index contributed by atoms with van der Waals surface area (Å²) in [7, 11) is 1.56. The molecule has 0 aliphatic rings. The quantitative estimate of drug-likeness (QED) is 0.606. The average Bonchev–Trinajstić information content (AvgIpc) is 3.19. The fourth-order valence-corrected chi connectivity index (χ4v) is 2.62. The molecule has 0 saturated carbocycles. The lowest BCUT2D eigenvalue weighted by atomic mass is 10.1. The predicted octanol–water partition coefficient (Wildman–Crippen LogP) is 2.95. The maximum atomic E-state index is 11.1. The van der Waals surface area contributed by atoms with Crippen LogP contribution >= 0.6 is 0 Å². The van der Waals surface area contributed by atoms with Crippen molar-refractivity contribution < 1.29 is 19.4 Å². The Bertz CT molecular complexity index is 995. The highest BCUT2D eigenvalue weighted by Gasteiger charge is 2.10. The topological polar surface area (TPSA) is 86.5 Å². The van der Waals surface area contributed by atoms with E-state index in [-0.39, 0.29) is 19.0 Å². The molecule has 0 spiro atoms. The minimum atomic E-state index is -0.0799. The van der Waals surface area contributed by atoms with Crippen molar-refractivity contribution in [3.63, 3.8) is 0 Å². The van der Waals surface area contributed by atoms with Crippen molar-refractivity contribution >= 4 is 11.9 Å². The molecule has 144 valence electrons. The summed E-state index contributed by atoms with van der Waals surface area (Å²) in [5, 5.41) is 17.7. The lowest BCUT2D eigenvalue weighted by molar-refractivity contribution is -0.112. The van der Waals surface area contributed by atoms with Gasteiger partial charge in [0.05, 0.1) is 25.6 Å². The molecule has 1 aromatic heterocycles. The highest BCUT2D eigenvalue weighted by molar-refractivity contribution is 5.91. The number of aliphatic hydroxyl groups is 1. The summed E-state index contributed by atoms with van der Waals surface area (Å²) in [6.07, 6.45) is 4.97. The second-order valence-electron chi connectivity index (χ2n) is 6.08. The van der Waals surface area contributed by atoms with Gasteiger partial charge in [0.25, 0.3) is 0 Å². The van der Waals surface area contributed by atoms with E-state index >= 15 is 0 Å². The number of rotatable bonds is 8. The Labute approximate surface area is 162 Å². The molecule has 0 aliphatic carbocycles. The molecule has 7 heteroatoms. The van der Waals surface area contributed by atoms with Gasteiger partial charge in [-0.05, 0) is 36.8 Å². The van der Waals surface area contributed by atoms with Crippen molar-refractivity contribution in [1.82, 2.24) is 15.0 Å². The van der Waals surface area contributed by atoms with Crippen LogP contribution in [0.4, 0.5) is 0 Å². The van der Waals surface area contributed by atoms with Crippen LogP contribution in [-0.4, -0.2) is 33.0 Å². The van der Waals surface area contributed by atoms with Crippen molar-refractivity contribution in [3.05, 3.63) is 71.6 Å². The number of nitrogens with zero attached hydrogens (tertiary/aromatic N) is 3. The smallest absolute Gasteiger partial charge is 0.161 e. The Balaban J connectivity index is 1.72. The summed E-state index contributed by atoms with van der Waals surface area (Å²) in [6, 6.07) is 12.8. The molecule has 0 saturated heterocycles. The Hall–Kier alpha value is -3.45. The first-order chi connectivity index (χ1) is 13.6. The molecule has 0 bridgehead atoms. The van der Waals surface area contributed by atoms with Crippen molar-refractivity contribution in [2.75, 3.05) is 7.11 Å². The molecule has 3 aromatic rings. The fourth-order valence-electron chi connectivity index (χ4n) is 2.62.